The van der Waals surface area contributed by atoms with Crippen LogP contribution in [0.5, 0.6) is 0 Å². The lowest BCUT2D eigenvalue weighted by Crippen LogP contribution is -2.51. The van der Waals surface area contributed by atoms with Gasteiger partial charge in [0.15, 0.2) is 0 Å². The van der Waals surface area contributed by atoms with Crippen molar-refractivity contribution in [2.24, 2.45) is 0 Å². The molecular weight excluding hydrogens is 244 g/mol. The number of nitrogens with zero attached hydrogens (tertiary/aromatic N) is 2. The molecule has 6 nitrogen and oxygen atoms in total. The van der Waals surface area contributed by atoms with Crippen molar-refractivity contribution in [2.45, 2.75) is 26.4 Å². The van der Waals surface area contributed by atoms with Crippen LogP contribution in [0, 0.1) is 5.41 Å². The van der Waals surface area contributed by atoms with E-state index >= 15 is 0 Å². The lowest BCUT2D eigenvalue weighted by Gasteiger charge is -2.36. The number of carbonyl (C=O) groups is 1. The Bertz CT molecular complexity index is 352. The summed E-state index contributed by atoms with van der Waals surface area (Å²) in [4.78, 5) is 15.5. The van der Waals surface area contributed by atoms with Gasteiger partial charge in [0.2, 0.25) is 0 Å². The minimum Gasteiger partial charge on any atom is -0.444 e. The van der Waals surface area contributed by atoms with Gasteiger partial charge in [0.1, 0.15) is 11.4 Å². The van der Waals surface area contributed by atoms with Gasteiger partial charge in [0.05, 0.1) is 0 Å². The molecule has 1 fully saturated rings. The van der Waals surface area contributed by atoms with E-state index in [2.05, 4.69) is 5.32 Å². The third-order valence-electron chi connectivity index (χ3n) is 2.68. The predicted molar refractivity (Wildman–Crippen MR) is 75.3 cm³/mol. The molecule has 1 heterocycles. The second-order valence-electron chi connectivity index (χ2n) is 5.46. The van der Waals surface area contributed by atoms with Crippen LogP contribution in [0.4, 0.5) is 4.79 Å². The molecule has 1 amide bonds. The fraction of sp³-hybridized carbons (Fsp3) is 0.692. The Kier molecular flexibility index (Phi) is 5.20. The second-order valence-corrected chi connectivity index (χ2v) is 5.46. The van der Waals surface area contributed by atoms with E-state index in [0.29, 0.717) is 32.0 Å². The van der Waals surface area contributed by atoms with Crippen molar-refractivity contribution in [3.05, 3.63) is 12.3 Å². The molecule has 0 atom stereocenters. The van der Waals surface area contributed by atoms with Gasteiger partial charge in [-0.1, -0.05) is 0 Å². The highest BCUT2D eigenvalue weighted by Crippen LogP contribution is 2.12. The Morgan fingerprint density at radius 2 is 1.74 bits per heavy atom. The SMILES string of the molecule is CN/C=C\C(=N)N1CCN(C(=O)OC(C)(C)C)CC1. The van der Waals surface area contributed by atoms with Gasteiger partial charge in [-0.3, -0.25) is 5.41 Å². The summed E-state index contributed by atoms with van der Waals surface area (Å²) >= 11 is 0. The number of nitrogens with one attached hydrogen (secondary N) is 2. The molecule has 108 valence electrons. The molecule has 0 radical (unpaired) electrons. The van der Waals surface area contributed by atoms with Crippen LogP contribution in [-0.4, -0.2) is 60.6 Å². The van der Waals surface area contributed by atoms with E-state index in [0.717, 1.165) is 0 Å². The third-order valence-corrected chi connectivity index (χ3v) is 2.68. The summed E-state index contributed by atoms with van der Waals surface area (Å²) < 4.78 is 5.33. The number of hydrogen-bond acceptors (Lipinski definition) is 4. The summed E-state index contributed by atoms with van der Waals surface area (Å²) in [6.07, 6.45) is 3.16. The Labute approximate surface area is 114 Å². The first-order valence-corrected chi connectivity index (χ1v) is 6.49. The van der Waals surface area contributed by atoms with Crippen molar-refractivity contribution >= 4 is 11.9 Å². The first-order chi connectivity index (χ1) is 8.83. The van der Waals surface area contributed by atoms with Gasteiger partial charge in [-0.25, -0.2) is 4.79 Å². The molecule has 0 aromatic carbocycles. The van der Waals surface area contributed by atoms with Crippen LogP contribution >= 0.6 is 0 Å². The van der Waals surface area contributed by atoms with Gasteiger partial charge in [-0.2, -0.15) is 0 Å². The second kappa shape index (κ2) is 6.45. The molecule has 19 heavy (non-hydrogen) atoms. The van der Waals surface area contributed by atoms with E-state index in [9.17, 15) is 4.79 Å². The number of hydrogen-bond donors (Lipinski definition) is 2. The average molecular weight is 268 g/mol. The smallest absolute Gasteiger partial charge is 0.410 e. The van der Waals surface area contributed by atoms with E-state index < -0.39 is 5.60 Å². The molecule has 6 heteroatoms. The standard InChI is InChI=1S/C13H24N4O2/c1-13(2,3)19-12(18)17-9-7-16(8-10-17)11(14)5-6-15-4/h5-6,14-15H,7-10H2,1-4H3/b6-5-,14-11?. The van der Waals surface area contributed by atoms with Gasteiger partial charge < -0.3 is 19.9 Å². The molecule has 0 spiro atoms. The van der Waals surface area contributed by atoms with Crippen LogP contribution < -0.4 is 5.32 Å². The summed E-state index contributed by atoms with van der Waals surface area (Å²) in [6.45, 7) is 8.08. The number of piperazine rings is 1. The predicted octanol–water partition coefficient (Wildman–Crippen LogP) is 1.25. The lowest BCUT2D eigenvalue weighted by atomic mass is 10.2. The van der Waals surface area contributed by atoms with Crippen molar-refractivity contribution in [1.82, 2.24) is 15.1 Å². The first-order valence-electron chi connectivity index (χ1n) is 6.49. The topological polar surface area (TPSA) is 68.7 Å². The monoisotopic (exact) mass is 268 g/mol. The molecule has 0 saturated carbocycles. The molecular formula is C13H24N4O2. The van der Waals surface area contributed by atoms with Crippen LogP contribution in [0.1, 0.15) is 20.8 Å². The normalized spacial score (nSPS) is 16.6. The van der Waals surface area contributed by atoms with E-state index in [4.69, 9.17) is 10.1 Å². The van der Waals surface area contributed by atoms with Gasteiger partial charge in [0.25, 0.3) is 0 Å². The Hall–Kier alpha value is -1.72. The molecule has 1 aliphatic rings. The molecule has 0 aliphatic carbocycles. The van der Waals surface area contributed by atoms with E-state index in [1.54, 1.807) is 24.2 Å². The zero-order valence-corrected chi connectivity index (χ0v) is 12.2. The largest absolute Gasteiger partial charge is 0.444 e. The fourth-order valence-corrected chi connectivity index (χ4v) is 1.72. The summed E-state index contributed by atoms with van der Waals surface area (Å²) in [6, 6.07) is 0. The Balaban J connectivity index is 2.42. The number of amidine groups is 1. The average Bonchev–Trinajstić information content (AvgIpc) is 2.34. The summed E-state index contributed by atoms with van der Waals surface area (Å²) in [7, 11) is 1.80. The van der Waals surface area contributed by atoms with Gasteiger partial charge in [-0.05, 0) is 33.0 Å². The third kappa shape index (κ3) is 5.19. The van der Waals surface area contributed by atoms with Crippen LogP contribution in [0.15, 0.2) is 12.3 Å². The fourth-order valence-electron chi connectivity index (χ4n) is 1.72. The Morgan fingerprint density at radius 1 is 1.21 bits per heavy atom. The van der Waals surface area contributed by atoms with E-state index in [-0.39, 0.29) is 6.09 Å². The van der Waals surface area contributed by atoms with Crippen molar-refractivity contribution < 1.29 is 9.53 Å². The first kappa shape index (κ1) is 15.3. The molecule has 1 saturated heterocycles. The minimum absolute atomic E-state index is 0.274. The molecule has 1 rings (SSSR count). The van der Waals surface area contributed by atoms with Gasteiger partial charge in [0, 0.05) is 33.2 Å². The maximum atomic E-state index is 11.9. The lowest BCUT2D eigenvalue weighted by molar-refractivity contribution is 0.0187. The quantitative estimate of drug-likeness (QED) is 0.584. The number of carbonyl (C=O) groups excluding carboxylic acids is 1. The van der Waals surface area contributed by atoms with Crippen molar-refractivity contribution in [3.63, 3.8) is 0 Å². The highest BCUT2D eigenvalue weighted by molar-refractivity contribution is 5.90. The molecule has 1 aliphatic heterocycles. The molecule has 0 aromatic rings. The molecule has 0 bridgehead atoms. The number of ether oxygens (including phenoxy) is 1. The zero-order chi connectivity index (χ0) is 14.5. The maximum absolute atomic E-state index is 11.9. The number of amides is 1. The van der Waals surface area contributed by atoms with Crippen LogP contribution in [0.2, 0.25) is 0 Å². The summed E-state index contributed by atoms with van der Waals surface area (Å²) in [5.74, 6) is 0.457. The molecule has 0 aromatic heterocycles. The summed E-state index contributed by atoms with van der Waals surface area (Å²) in [5.41, 5.74) is -0.462. The minimum atomic E-state index is -0.462. The zero-order valence-electron chi connectivity index (χ0n) is 12.2. The van der Waals surface area contributed by atoms with Crippen molar-refractivity contribution in [3.8, 4) is 0 Å². The van der Waals surface area contributed by atoms with E-state index in [1.807, 2.05) is 25.7 Å². The van der Waals surface area contributed by atoms with Gasteiger partial charge in [-0.15, -0.1) is 0 Å². The van der Waals surface area contributed by atoms with Gasteiger partial charge >= 0.3 is 6.09 Å². The van der Waals surface area contributed by atoms with Crippen LogP contribution in [-0.2, 0) is 4.74 Å². The molecule has 2 N–H and O–H groups in total. The maximum Gasteiger partial charge on any atom is 0.410 e. The Morgan fingerprint density at radius 3 is 2.21 bits per heavy atom. The van der Waals surface area contributed by atoms with Crippen LogP contribution in [0.3, 0.4) is 0 Å². The summed E-state index contributed by atoms with van der Waals surface area (Å²) in [5, 5.41) is 10.7. The van der Waals surface area contributed by atoms with Crippen molar-refractivity contribution in [2.75, 3.05) is 33.2 Å². The highest BCUT2D eigenvalue weighted by Gasteiger charge is 2.26. The number of rotatable bonds is 2. The van der Waals surface area contributed by atoms with Crippen LogP contribution in [0.25, 0.3) is 0 Å². The highest BCUT2D eigenvalue weighted by atomic mass is 16.6. The molecule has 0 unspecified atom stereocenters. The van der Waals surface area contributed by atoms with Crippen molar-refractivity contribution in [1.29, 1.82) is 5.41 Å². The van der Waals surface area contributed by atoms with E-state index in [1.165, 1.54) is 0 Å².